The van der Waals surface area contributed by atoms with Crippen LogP contribution in [0.25, 0.3) is 10.8 Å². The first-order valence-corrected chi connectivity index (χ1v) is 15.6. The van der Waals surface area contributed by atoms with Gasteiger partial charge in [0.05, 0.1) is 33.8 Å². The Hall–Kier alpha value is -3.54. The summed E-state index contributed by atoms with van der Waals surface area (Å²) in [5.41, 5.74) is 0.929. The van der Waals surface area contributed by atoms with E-state index < -0.39 is 15.1 Å². The summed E-state index contributed by atoms with van der Waals surface area (Å²) in [6, 6.07) is 10.5. The largest absolute Gasteiger partial charge is 0.494 e. The van der Waals surface area contributed by atoms with Crippen molar-refractivity contribution in [3.05, 3.63) is 53.8 Å². The molecule has 12 heteroatoms. The minimum atomic E-state index is -3.56. The van der Waals surface area contributed by atoms with Gasteiger partial charge >= 0.3 is 0 Å². The summed E-state index contributed by atoms with van der Waals surface area (Å²) in [4.78, 5) is 9.03. The first kappa shape index (κ1) is 29.0. The molecule has 1 aliphatic heterocycles. The molecule has 3 heterocycles. The average Bonchev–Trinajstić information content (AvgIpc) is 3.26. The Morgan fingerprint density at radius 2 is 1.93 bits per heavy atom. The highest BCUT2D eigenvalue weighted by atomic mass is 35.5. The fourth-order valence-electron chi connectivity index (χ4n) is 4.88. The number of nitrogens with zero attached hydrogens (tertiary/aromatic N) is 3. The van der Waals surface area contributed by atoms with Crippen LogP contribution in [-0.4, -0.2) is 52.5 Å². The Morgan fingerprint density at radius 3 is 2.63 bits per heavy atom. The number of benzene rings is 2. The van der Waals surface area contributed by atoms with Gasteiger partial charge in [-0.3, -0.25) is 0 Å². The van der Waals surface area contributed by atoms with Crippen LogP contribution in [0.2, 0.25) is 5.02 Å². The van der Waals surface area contributed by atoms with Crippen LogP contribution in [0.1, 0.15) is 46.6 Å². The number of rotatable bonds is 9. The second-order valence-electron chi connectivity index (χ2n) is 10.7. The van der Waals surface area contributed by atoms with Crippen molar-refractivity contribution in [2.45, 2.75) is 62.8 Å². The number of aromatic hydroxyl groups is 1. The number of hydrogen-bond donors (Lipinski definition) is 4. The maximum absolute atomic E-state index is 12.9. The van der Waals surface area contributed by atoms with Gasteiger partial charge in [-0.1, -0.05) is 23.7 Å². The molecule has 0 bridgehead atoms. The molecule has 1 fully saturated rings. The van der Waals surface area contributed by atoms with Crippen molar-refractivity contribution in [3.63, 3.8) is 0 Å². The molecule has 10 nitrogen and oxygen atoms in total. The second kappa shape index (κ2) is 11.8. The summed E-state index contributed by atoms with van der Waals surface area (Å²) in [5, 5.41) is 22.0. The molecule has 2 aromatic heterocycles. The summed E-state index contributed by atoms with van der Waals surface area (Å²) in [6.07, 6.45) is 5.32. The van der Waals surface area contributed by atoms with Crippen molar-refractivity contribution >= 4 is 55.4 Å². The molecule has 0 amide bonds. The summed E-state index contributed by atoms with van der Waals surface area (Å²) in [6.45, 7) is 8.93. The summed E-state index contributed by atoms with van der Waals surface area (Å²) >= 11 is 6.42. The fraction of sp³-hybridized carbons (Fsp3) is 0.379. The highest BCUT2D eigenvalue weighted by molar-refractivity contribution is 7.92. The zero-order valence-electron chi connectivity index (χ0n) is 23.5. The first-order valence-electron chi connectivity index (χ1n) is 13.7. The van der Waals surface area contributed by atoms with Gasteiger partial charge in [-0.05, 0) is 71.3 Å². The number of sulfone groups is 1. The van der Waals surface area contributed by atoms with Gasteiger partial charge in [0.15, 0.2) is 21.5 Å². The average molecular weight is 599 g/mol. The van der Waals surface area contributed by atoms with E-state index in [1.807, 2.05) is 36.7 Å². The third-order valence-electron chi connectivity index (χ3n) is 7.00. The molecule has 4 N–H and O–H groups in total. The quantitative estimate of drug-likeness (QED) is 0.179. The maximum atomic E-state index is 12.9. The van der Waals surface area contributed by atoms with Gasteiger partial charge in [-0.15, -0.1) is 0 Å². The number of para-hydroxylation sites is 1. The van der Waals surface area contributed by atoms with Gasteiger partial charge in [0.25, 0.3) is 0 Å². The van der Waals surface area contributed by atoms with Crippen LogP contribution in [0.4, 0.5) is 23.1 Å². The van der Waals surface area contributed by atoms with Crippen LogP contribution in [0, 0.1) is 0 Å². The van der Waals surface area contributed by atoms with E-state index in [4.69, 9.17) is 16.3 Å². The Bertz CT molecular complexity index is 1670. The molecule has 218 valence electrons. The summed E-state index contributed by atoms with van der Waals surface area (Å²) in [7, 11) is -3.56. The van der Waals surface area contributed by atoms with E-state index in [1.165, 1.54) is 6.20 Å². The zero-order valence-corrected chi connectivity index (χ0v) is 25.1. The van der Waals surface area contributed by atoms with Gasteiger partial charge in [0.2, 0.25) is 5.95 Å². The smallest absolute Gasteiger partial charge is 0.229 e. The van der Waals surface area contributed by atoms with Crippen LogP contribution in [0.15, 0.2) is 53.7 Å². The Kier molecular flexibility index (Phi) is 8.30. The molecule has 1 aliphatic rings. The molecule has 1 atom stereocenters. The molecule has 0 saturated carbocycles. The van der Waals surface area contributed by atoms with Crippen molar-refractivity contribution in [2.75, 3.05) is 23.7 Å². The number of halogens is 1. The van der Waals surface area contributed by atoms with Crippen molar-refractivity contribution in [3.8, 4) is 11.6 Å². The molecule has 41 heavy (non-hydrogen) atoms. The fourth-order valence-corrected chi connectivity index (χ4v) is 6.22. The van der Waals surface area contributed by atoms with Crippen molar-refractivity contribution in [2.24, 2.45) is 0 Å². The van der Waals surface area contributed by atoms with Crippen molar-refractivity contribution in [1.29, 1.82) is 0 Å². The van der Waals surface area contributed by atoms with Gasteiger partial charge in [0, 0.05) is 29.6 Å². The second-order valence-corrected chi connectivity index (χ2v) is 13.6. The normalized spacial score (nSPS) is 15.9. The lowest BCUT2D eigenvalue weighted by molar-refractivity contribution is 0.244. The van der Waals surface area contributed by atoms with Crippen LogP contribution < -0.4 is 20.7 Å². The number of nitrogens with one attached hydrogen (secondary N) is 3. The third kappa shape index (κ3) is 6.07. The Labute approximate surface area is 245 Å². The SMILES string of the molecule is CC(C)Oc1cc2cn([C@@H]3CCCNC3)c(O)c2cc1Nc1ncc(Cl)c(Nc2ccccc2S(=O)(=O)C(C)C)n1. The molecule has 0 aliphatic carbocycles. The monoisotopic (exact) mass is 598 g/mol. The van der Waals surface area contributed by atoms with E-state index >= 15 is 0 Å². The number of aromatic nitrogens is 3. The molecule has 4 aromatic rings. The van der Waals surface area contributed by atoms with Crippen LogP contribution in [-0.2, 0) is 9.84 Å². The van der Waals surface area contributed by atoms with Crippen LogP contribution >= 0.6 is 11.6 Å². The first-order chi connectivity index (χ1) is 19.5. The van der Waals surface area contributed by atoms with Crippen molar-refractivity contribution in [1.82, 2.24) is 19.9 Å². The molecule has 0 radical (unpaired) electrons. The topological polar surface area (TPSA) is 130 Å². The third-order valence-corrected chi connectivity index (χ3v) is 9.49. The summed E-state index contributed by atoms with van der Waals surface area (Å²) < 4.78 is 33.9. The standard InChI is InChI=1S/C29H35ClN6O4S/c1-17(2)40-25-12-19-16-36(20-8-7-11-31-14-20)28(37)21(19)13-24(25)34-29-32-15-22(30)27(35-29)33-23-9-5-6-10-26(23)41(38,39)18(3)4/h5-6,9-10,12-13,15-18,20,31,37H,7-8,11,14H2,1-4H3,(H2,32,33,34,35)/t20-/m1/s1. The van der Waals surface area contributed by atoms with E-state index in [0.29, 0.717) is 22.5 Å². The predicted octanol–water partition coefficient (Wildman–Crippen LogP) is 6.17. The highest BCUT2D eigenvalue weighted by Crippen LogP contribution is 2.40. The lowest BCUT2D eigenvalue weighted by Gasteiger charge is -2.24. The lowest BCUT2D eigenvalue weighted by Crippen LogP contribution is -2.31. The predicted molar refractivity (Wildman–Crippen MR) is 163 cm³/mol. The number of fused-ring (bicyclic) bond motifs is 1. The van der Waals surface area contributed by atoms with Crippen LogP contribution in [0.3, 0.4) is 0 Å². The number of ether oxygens (including phenoxy) is 1. The molecule has 1 saturated heterocycles. The van der Waals surface area contributed by atoms with Gasteiger partial charge in [-0.25, -0.2) is 13.4 Å². The van der Waals surface area contributed by atoms with E-state index in [1.54, 1.807) is 38.1 Å². The van der Waals surface area contributed by atoms with Gasteiger partial charge in [-0.2, -0.15) is 4.98 Å². The molecule has 0 spiro atoms. The molecular formula is C29H35ClN6O4S. The van der Waals surface area contributed by atoms with E-state index in [0.717, 1.165) is 31.3 Å². The Morgan fingerprint density at radius 1 is 1.15 bits per heavy atom. The van der Waals surface area contributed by atoms with Crippen LogP contribution in [0.5, 0.6) is 11.6 Å². The Balaban J connectivity index is 1.50. The highest BCUT2D eigenvalue weighted by Gasteiger charge is 2.24. The molecule has 5 rings (SSSR count). The molecule has 0 unspecified atom stereocenters. The van der Waals surface area contributed by atoms with E-state index in [9.17, 15) is 13.5 Å². The van der Waals surface area contributed by atoms with Gasteiger partial charge in [0.1, 0.15) is 10.8 Å². The number of hydrogen-bond acceptors (Lipinski definition) is 9. The maximum Gasteiger partial charge on any atom is 0.229 e. The molecule has 2 aromatic carbocycles. The summed E-state index contributed by atoms with van der Waals surface area (Å²) in [5.74, 6) is 1.22. The number of piperidine rings is 1. The van der Waals surface area contributed by atoms with E-state index in [-0.39, 0.29) is 39.7 Å². The van der Waals surface area contributed by atoms with E-state index in [2.05, 4.69) is 25.9 Å². The van der Waals surface area contributed by atoms with Crippen molar-refractivity contribution < 1.29 is 18.3 Å². The number of anilines is 4. The minimum Gasteiger partial charge on any atom is -0.494 e. The lowest BCUT2D eigenvalue weighted by atomic mass is 10.1. The molecular weight excluding hydrogens is 564 g/mol. The van der Waals surface area contributed by atoms with Gasteiger partial charge < -0.3 is 30.4 Å². The minimum absolute atomic E-state index is 0.103. The zero-order chi connectivity index (χ0) is 29.3.